The van der Waals surface area contributed by atoms with Crippen molar-refractivity contribution in [1.29, 1.82) is 0 Å². The molecule has 1 aromatic carbocycles. The topological polar surface area (TPSA) is 26.7 Å². The highest BCUT2D eigenvalue weighted by molar-refractivity contribution is 5.14. The number of rotatable bonds is 7. The predicted octanol–water partition coefficient (Wildman–Crippen LogP) is 1.97. The first-order valence-electron chi connectivity index (χ1n) is 7.96. The molecule has 0 aromatic heterocycles. The van der Waals surface area contributed by atoms with Crippen LogP contribution in [0.4, 0.5) is 0 Å². The minimum Gasteiger partial charge on any atom is -0.395 e. The Hall–Kier alpha value is -0.900. The van der Waals surface area contributed by atoms with Gasteiger partial charge in [-0.3, -0.25) is 9.80 Å². The van der Waals surface area contributed by atoms with E-state index in [1.54, 1.807) is 0 Å². The minimum absolute atomic E-state index is 0.303. The van der Waals surface area contributed by atoms with Gasteiger partial charge in [-0.2, -0.15) is 0 Å². The maximum atomic E-state index is 9.18. The first-order valence-corrected chi connectivity index (χ1v) is 7.96. The number of aliphatic hydroxyl groups excluding tert-OH is 1. The van der Waals surface area contributed by atoms with E-state index in [0.717, 1.165) is 25.0 Å². The third kappa shape index (κ3) is 3.81. The van der Waals surface area contributed by atoms with E-state index in [2.05, 4.69) is 40.1 Å². The summed E-state index contributed by atoms with van der Waals surface area (Å²) in [7, 11) is 0. The average Bonchev–Trinajstić information content (AvgIpc) is 3.22. The Morgan fingerprint density at radius 2 is 1.95 bits per heavy atom. The van der Waals surface area contributed by atoms with Crippen LogP contribution in [0.5, 0.6) is 0 Å². The van der Waals surface area contributed by atoms with E-state index < -0.39 is 0 Å². The van der Waals surface area contributed by atoms with E-state index in [-0.39, 0.29) is 0 Å². The molecule has 1 heterocycles. The van der Waals surface area contributed by atoms with Gasteiger partial charge in [-0.15, -0.1) is 0 Å². The van der Waals surface area contributed by atoms with Gasteiger partial charge in [-0.25, -0.2) is 0 Å². The van der Waals surface area contributed by atoms with Crippen LogP contribution in [0.1, 0.15) is 24.8 Å². The lowest BCUT2D eigenvalue weighted by molar-refractivity contribution is 0.167. The maximum absolute atomic E-state index is 9.18. The van der Waals surface area contributed by atoms with Crippen LogP contribution in [0.2, 0.25) is 0 Å². The Morgan fingerprint density at radius 1 is 1.15 bits per heavy atom. The van der Waals surface area contributed by atoms with Gasteiger partial charge in [0, 0.05) is 32.2 Å². The first-order chi connectivity index (χ1) is 9.85. The minimum atomic E-state index is 0.303. The molecular weight excluding hydrogens is 248 g/mol. The summed E-state index contributed by atoms with van der Waals surface area (Å²) < 4.78 is 0. The van der Waals surface area contributed by atoms with Crippen LogP contribution in [-0.2, 0) is 6.54 Å². The van der Waals surface area contributed by atoms with Crippen molar-refractivity contribution < 1.29 is 5.11 Å². The lowest BCUT2D eigenvalue weighted by atomic mass is 10.1. The molecule has 2 aliphatic rings. The van der Waals surface area contributed by atoms with E-state index in [4.69, 9.17) is 0 Å². The van der Waals surface area contributed by atoms with Crippen LogP contribution >= 0.6 is 0 Å². The Balaban J connectivity index is 1.46. The van der Waals surface area contributed by atoms with Gasteiger partial charge in [0.15, 0.2) is 0 Å². The van der Waals surface area contributed by atoms with Crippen molar-refractivity contribution in [1.82, 2.24) is 9.80 Å². The van der Waals surface area contributed by atoms with Crippen LogP contribution < -0.4 is 0 Å². The molecule has 1 saturated heterocycles. The summed E-state index contributed by atoms with van der Waals surface area (Å²) in [4.78, 5) is 5.08. The molecule has 1 aliphatic carbocycles. The van der Waals surface area contributed by atoms with E-state index in [1.165, 1.54) is 44.5 Å². The van der Waals surface area contributed by atoms with E-state index in [0.29, 0.717) is 6.61 Å². The van der Waals surface area contributed by atoms with Gasteiger partial charge in [0.25, 0.3) is 0 Å². The molecule has 0 bridgehead atoms. The van der Waals surface area contributed by atoms with Gasteiger partial charge in [-0.05, 0) is 37.3 Å². The molecule has 2 fully saturated rings. The zero-order chi connectivity index (χ0) is 13.8. The van der Waals surface area contributed by atoms with E-state index in [1.807, 2.05) is 0 Å². The molecule has 1 N–H and O–H groups in total. The van der Waals surface area contributed by atoms with Gasteiger partial charge < -0.3 is 5.11 Å². The number of hydrogen-bond donors (Lipinski definition) is 1. The second-order valence-electron chi connectivity index (χ2n) is 6.33. The first kappa shape index (κ1) is 14.1. The highest BCUT2D eigenvalue weighted by Crippen LogP contribution is 2.29. The number of aliphatic hydroxyl groups is 1. The smallest absolute Gasteiger partial charge is 0.0558 e. The summed E-state index contributed by atoms with van der Waals surface area (Å²) in [6.07, 6.45) is 3.97. The number of likely N-dealkylation sites (tertiary alicyclic amines) is 1. The molecule has 110 valence electrons. The second kappa shape index (κ2) is 6.70. The molecule has 0 radical (unpaired) electrons. The van der Waals surface area contributed by atoms with Gasteiger partial charge >= 0.3 is 0 Å². The third-order valence-electron chi connectivity index (χ3n) is 4.56. The molecule has 3 nitrogen and oxygen atoms in total. The van der Waals surface area contributed by atoms with Crippen molar-refractivity contribution in [3.05, 3.63) is 35.9 Å². The summed E-state index contributed by atoms with van der Waals surface area (Å²) in [6, 6.07) is 11.5. The zero-order valence-electron chi connectivity index (χ0n) is 12.2. The van der Waals surface area contributed by atoms with Crippen LogP contribution in [0, 0.1) is 5.92 Å². The van der Waals surface area contributed by atoms with Gasteiger partial charge in [0.2, 0.25) is 0 Å². The normalized spacial score (nSPS) is 23.6. The second-order valence-corrected chi connectivity index (χ2v) is 6.33. The third-order valence-corrected chi connectivity index (χ3v) is 4.56. The largest absolute Gasteiger partial charge is 0.395 e. The molecule has 0 spiro atoms. The van der Waals surface area contributed by atoms with Crippen molar-refractivity contribution in [2.24, 2.45) is 5.92 Å². The summed E-state index contributed by atoms with van der Waals surface area (Å²) >= 11 is 0. The Bertz CT molecular complexity index is 405. The van der Waals surface area contributed by atoms with Crippen molar-refractivity contribution in [2.75, 3.05) is 32.8 Å². The van der Waals surface area contributed by atoms with Crippen LogP contribution in [0.3, 0.4) is 0 Å². The van der Waals surface area contributed by atoms with Crippen molar-refractivity contribution in [3.63, 3.8) is 0 Å². The number of benzene rings is 1. The molecular formula is C17H26N2O. The molecule has 1 aliphatic heterocycles. The van der Waals surface area contributed by atoms with Crippen molar-refractivity contribution >= 4 is 0 Å². The summed E-state index contributed by atoms with van der Waals surface area (Å²) in [5, 5.41) is 9.18. The quantitative estimate of drug-likeness (QED) is 0.823. The summed E-state index contributed by atoms with van der Waals surface area (Å²) in [5.74, 6) is 0.783. The lowest BCUT2D eigenvalue weighted by Crippen LogP contribution is -2.35. The average molecular weight is 274 g/mol. The predicted molar refractivity (Wildman–Crippen MR) is 81.5 cm³/mol. The van der Waals surface area contributed by atoms with E-state index in [9.17, 15) is 5.11 Å². The highest BCUT2D eigenvalue weighted by Gasteiger charge is 2.32. The van der Waals surface area contributed by atoms with Crippen LogP contribution in [0.15, 0.2) is 30.3 Å². The highest BCUT2D eigenvalue weighted by atomic mass is 16.3. The van der Waals surface area contributed by atoms with Gasteiger partial charge in [0.05, 0.1) is 6.61 Å². The fraction of sp³-hybridized carbons (Fsp3) is 0.647. The monoisotopic (exact) mass is 274 g/mol. The number of hydrogen-bond acceptors (Lipinski definition) is 3. The molecule has 1 aromatic rings. The molecule has 0 unspecified atom stereocenters. The summed E-state index contributed by atoms with van der Waals surface area (Å²) in [5.41, 5.74) is 1.42. The summed E-state index contributed by atoms with van der Waals surface area (Å²) in [6.45, 7) is 5.86. The van der Waals surface area contributed by atoms with Gasteiger partial charge in [-0.1, -0.05) is 30.3 Å². The number of nitrogens with zero attached hydrogens (tertiary/aromatic N) is 2. The molecule has 0 amide bonds. The van der Waals surface area contributed by atoms with Crippen LogP contribution in [0.25, 0.3) is 0 Å². The maximum Gasteiger partial charge on any atom is 0.0558 e. The van der Waals surface area contributed by atoms with Crippen molar-refractivity contribution in [3.8, 4) is 0 Å². The van der Waals surface area contributed by atoms with Crippen LogP contribution in [-0.4, -0.2) is 53.7 Å². The zero-order valence-corrected chi connectivity index (χ0v) is 12.2. The molecule has 1 atom stereocenters. The standard InChI is InChI=1S/C17H26N2O/c20-11-10-19(17-6-7-17)14-16-8-9-18(13-16)12-15-4-2-1-3-5-15/h1-5,16-17,20H,6-14H2/t16-/m0/s1. The molecule has 20 heavy (non-hydrogen) atoms. The molecule has 1 saturated carbocycles. The lowest BCUT2D eigenvalue weighted by Gasteiger charge is -2.24. The fourth-order valence-corrected chi connectivity index (χ4v) is 3.37. The SMILES string of the molecule is OCCN(C[C@H]1CCN(Cc2ccccc2)C1)C1CC1. The Morgan fingerprint density at radius 3 is 2.65 bits per heavy atom. The van der Waals surface area contributed by atoms with Crippen molar-refractivity contribution in [2.45, 2.75) is 31.8 Å². The van der Waals surface area contributed by atoms with E-state index >= 15 is 0 Å². The molecule has 3 heteroatoms. The Labute approximate surface area is 122 Å². The van der Waals surface area contributed by atoms with Gasteiger partial charge in [0.1, 0.15) is 0 Å². The molecule has 3 rings (SSSR count). The Kier molecular flexibility index (Phi) is 4.71. The fourth-order valence-electron chi connectivity index (χ4n) is 3.37.